The summed E-state index contributed by atoms with van der Waals surface area (Å²) in [5.41, 5.74) is 14.1. The minimum absolute atomic E-state index is 0.215. The molecule has 0 fully saturated rings. The lowest BCUT2D eigenvalue weighted by molar-refractivity contribution is 0.0659. The van der Waals surface area contributed by atoms with Crippen LogP contribution in [0.3, 0.4) is 0 Å². The number of carbonyl (C=O) groups excluding carboxylic acids is 1. The summed E-state index contributed by atoms with van der Waals surface area (Å²) in [4.78, 5) is 23.3. The van der Waals surface area contributed by atoms with Crippen molar-refractivity contribution in [1.82, 2.24) is 18.6 Å². The van der Waals surface area contributed by atoms with Gasteiger partial charge >= 0.3 is 0 Å². The van der Waals surface area contributed by atoms with E-state index in [9.17, 15) is 4.79 Å². The molecular weight excluding hydrogens is 474 g/mol. The molecule has 3 aromatic heterocycles. The topological polar surface area (TPSA) is 125 Å². The van der Waals surface area contributed by atoms with Gasteiger partial charge in [-0.2, -0.15) is 8.75 Å². The maximum absolute atomic E-state index is 13.8. The Balaban J connectivity index is 1.29. The highest BCUT2D eigenvalue weighted by Crippen LogP contribution is 2.32. The molecule has 1 amide bonds. The van der Waals surface area contributed by atoms with Crippen molar-refractivity contribution in [3.8, 4) is 0 Å². The standard InChI is InChI=1S/C26H25N7O2S/c1-14-3-5-17-18-11-23(25(27)28-2)33(13-22(18)30-20(17)9-14)26(34)24-15(7-8-35-24)12-29-16-4-6-19-21(10-16)32-36-31-19/h3-10,23,29-30H,11-13H2,1-2H3,(H2,27,28). The molecule has 36 heavy (non-hydrogen) atoms. The Morgan fingerprint density at radius 3 is 2.97 bits per heavy atom. The van der Waals surface area contributed by atoms with Crippen LogP contribution in [0, 0.1) is 6.92 Å². The number of fused-ring (bicyclic) bond motifs is 4. The molecule has 1 unspecified atom stereocenters. The lowest BCUT2D eigenvalue weighted by Crippen LogP contribution is -2.51. The van der Waals surface area contributed by atoms with Crippen LogP contribution in [-0.2, 0) is 19.5 Å². The molecule has 0 saturated heterocycles. The molecule has 2 aromatic carbocycles. The van der Waals surface area contributed by atoms with E-state index >= 15 is 0 Å². The molecule has 9 nitrogen and oxygen atoms in total. The van der Waals surface area contributed by atoms with Gasteiger partial charge in [-0.15, -0.1) is 0 Å². The number of nitrogens with two attached hydrogens (primary N) is 1. The van der Waals surface area contributed by atoms with Crippen molar-refractivity contribution in [3.05, 3.63) is 76.9 Å². The highest BCUT2D eigenvalue weighted by molar-refractivity contribution is 7.00. The summed E-state index contributed by atoms with van der Waals surface area (Å²) in [6.45, 7) is 2.88. The number of carbonyl (C=O) groups is 1. The van der Waals surface area contributed by atoms with Gasteiger partial charge in [-0.25, -0.2) is 0 Å². The second kappa shape index (κ2) is 8.80. The van der Waals surface area contributed by atoms with E-state index in [0.717, 1.165) is 38.9 Å². The van der Waals surface area contributed by atoms with Crippen molar-refractivity contribution >= 4 is 51.1 Å². The number of aromatic amines is 1. The molecule has 6 rings (SSSR count). The van der Waals surface area contributed by atoms with Crippen LogP contribution in [0.15, 0.2) is 58.1 Å². The first-order valence-corrected chi connectivity index (χ1v) is 12.4. The van der Waals surface area contributed by atoms with Gasteiger partial charge in [-0.1, -0.05) is 12.1 Å². The van der Waals surface area contributed by atoms with Crippen LogP contribution in [-0.4, -0.2) is 43.5 Å². The summed E-state index contributed by atoms with van der Waals surface area (Å²) in [5.74, 6) is 0.503. The highest BCUT2D eigenvalue weighted by atomic mass is 32.1. The van der Waals surface area contributed by atoms with Gasteiger partial charge in [-0.3, -0.25) is 9.79 Å². The predicted molar refractivity (Wildman–Crippen MR) is 141 cm³/mol. The Kier molecular flexibility index (Phi) is 5.45. The molecule has 0 bridgehead atoms. The smallest absolute Gasteiger partial charge is 0.290 e. The fraction of sp³-hybridized carbons (Fsp3) is 0.231. The maximum Gasteiger partial charge on any atom is 0.290 e. The van der Waals surface area contributed by atoms with E-state index in [-0.39, 0.29) is 11.9 Å². The molecule has 0 radical (unpaired) electrons. The van der Waals surface area contributed by atoms with E-state index in [2.05, 4.69) is 49.2 Å². The van der Waals surface area contributed by atoms with Crippen molar-refractivity contribution < 1.29 is 9.21 Å². The van der Waals surface area contributed by atoms with Gasteiger partial charge in [0.05, 0.1) is 30.6 Å². The minimum atomic E-state index is -0.360. The number of anilines is 1. The third-order valence-corrected chi connectivity index (χ3v) is 7.35. The zero-order valence-electron chi connectivity index (χ0n) is 19.9. The molecule has 0 spiro atoms. The molecular formula is C26H25N7O2S. The second-order valence-corrected chi connectivity index (χ2v) is 9.56. The van der Waals surface area contributed by atoms with Crippen LogP contribution >= 0.6 is 11.7 Å². The summed E-state index contributed by atoms with van der Waals surface area (Å²) in [6.07, 6.45) is 2.13. The summed E-state index contributed by atoms with van der Waals surface area (Å²) in [7, 11) is 1.66. The number of aliphatic imine (C=N–C) groups is 1. The summed E-state index contributed by atoms with van der Waals surface area (Å²) in [6, 6.07) is 13.6. The molecule has 1 aliphatic heterocycles. The number of hydrogen-bond acceptors (Lipinski definition) is 7. The van der Waals surface area contributed by atoms with E-state index in [4.69, 9.17) is 10.2 Å². The molecule has 4 heterocycles. The van der Waals surface area contributed by atoms with Crippen molar-refractivity contribution in [2.45, 2.75) is 32.5 Å². The van der Waals surface area contributed by atoms with Crippen LogP contribution in [0.5, 0.6) is 0 Å². The summed E-state index contributed by atoms with van der Waals surface area (Å²) in [5, 5.41) is 4.52. The third-order valence-electron chi connectivity index (χ3n) is 6.79. The highest BCUT2D eigenvalue weighted by Gasteiger charge is 2.36. The van der Waals surface area contributed by atoms with E-state index in [1.54, 1.807) is 18.2 Å². The first-order valence-electron chi connectivity index (χ1n) is 11.7. The number of furan rings is 1. The number of amidine groups is 1. The van der Waals surface area contributed by atoms with E-state index < -0.39 is 0 Å². The van der Waals surface area contributed by atoms with Gasteiger partial charge in [0.25, 0.3) is 5.91 Å². The van der Waals surface area contributed by atoms with Crippen molar-refractivity contribution in [2.75, 3.05) is 12.4 Å². The quantitative estimate of drug-likeness (QED) is 0.245. The van der Waals surface area contributed by atoms with E-state index in [1.165, 1.54) is 22.9 Å². The molecule has 4 N–H and O–H groups in total. The molecule has 0 aliphatic carbocycles. The Bertz CT molecular complexity index is 1630. The number of nitrogens with zero attached hydrogens (tertiary/aromatic N) is 4. The van der Waals surface area contributed by atoms with Crippen LogP contribution in [0.1, 0.15) is 32.9 Å². The molecule has 0 saturated carbocycles. The lowest BCUT2D eigenvalue weighted by atomic mass is 9.95. The average Bonchev–Trinajstić information content (AvgIpc) is 3.63. The minimum Gasteiger partial charge on any atom is -0.459 e. The summed E-state index contributed by atoms with van der Waals surface area (Å²) < 4.78 is 14.2. The van der Waals surface area contributed by atoms with Crippen molar-refractivity contribution in [2.24, 2.45) is 10.7 Å². The fourth-order valence-electron chi connectivity index (χ4n) is 4.89. The SMILES string of the molecule is CN=C(N)C1Cc2c([nH]c3cc(C)ccc23)CN1C(=O)c1occc1CNc1ccc2nsnc2c1. The molecule has 5 aromatic rings. The number of rotatable bonds is 5. The average molecular weight is 500 g/mol. The van der Waals surface area contributed by atoms with Gasteiger partial charge in [0.15, 0.2) is 5.76 Å². The Morgan fingerprint density at radius 2 is 2.11 bits per heavy atom. The van der Waals surface area contributed by atoms with Crippen molar-refractivity contribution in [1.29, 1.82) is 0 Å². The largest absolute Gasteiger partial charge is 0.459 e. The van der Waals surface area contributed by atoms with Gasteiger partial charge < -0.3 is 25.4 Å². The Labute approximate surface area is 211 Å². The van der Waals surface area contributed by atoms with Crippen molar-refractivity contribution in [3.63, 3.8) is 0 Å². The predicted octanol–water partition coefficient (Wildman–Crippen LogP) is 4.24. The third kappa shape index (κ3) is 3.79. The Morgan fingerprint density at radius 1 is 1.25 bits per heavy atom. The molecule has 1 aliphatic rings. The number of H-pyrrole nitrogens is 1. The summed E-state index contributed by atoms with van der Waals surface area (Å²) >= 11 is 1.19. The van der Waals surface area contributed by atoms with Gasteiger partial charge in [0.2, 0.25) is 0 Å². The first-order chi connectivity index (χ1) is 17.5. The monoisotopic (exact) mass is 499 g/mol. The van der Waals surface area contributed by atoms with Crippen LogP contribution in [0.2, 0.25) is 0 Å². The van der Waals surface area contributed by atoms with Crippen LogP contribution < -0.4 is 11.1 Å². The maximum atomic E-state index is 13.8. The Hall–Kier alpha value is -4.18. The number of aryl methyl sites for hydroxylation is 1. The molecule has 10 heteroatoms. The van der Waals surface area contributed by atoms with Gasteiger partial charge in [-0.05, 0) is 48.4 Å². The van der Waals surface area contributed by atoms with Crippen LogP contribution in [0.25, 0.3) is 21.9 Å². The molecule has 182 valence electrons. The normalized spacial score (nSPS) is 16.0. The van der Waals surface area contributed by atoms with Gasteiger partial charge in [0, 0.05) is 47.9 Å². The number of amides is 1. The first kappa shape index (κ1) is 22.3. The van der Waals surface area contributed by atoms with E-state index in [1.807, 2.05) is 24.3 Å². The number of hydrogen-bond donors (Lipinski definition) is 3. The molecule has 1 atom stereocenters. The fourth-order valence-corrected chi connectivity index (χ4v) is 5.40. The van der Waals surface area contributed by atoms with Gasteiger partial charge in [0.1, 0.15) is 16.9 Å². The number of benzene rings is 2. The second-order valence-electron chi connectivity index (χ2n) is 9.03. The zero-order chi connectivity index (χ0) is 24.8. The lowest BCUT2D eigenvalue weighted by Gasteiger charge is -2.35. The zero-order valence-corrected chi connectivity index (χ0v) is 20.7. The number of aromatic nitrogens is 3. The number of nitrogens with one attached hydrogen (secondary N) is 2. The van der Waals surface area contributed by atoms with E-state index in [0.29, 0.717) is 31.1 Å². The van der Waals surface area contributed by atoms with Crippen LogP contribution in [0.4, 0.5) is 5.69 Å².